The Morgan fingerprint density at radius 2 is 2.05 bits per heavy atom. The first kappa shape index (κ1) is 15.3. The average Bonchev–Trinajstić information content (AvgIpc) is 2.28. The summed E-state index contributed by atoms with van der Waals surface area (Å²) < 4.78 is 5.33. The zero-order valence-electron chi connectivity index (χ0n) is 12.0. The highest BCUT2D eigenvalue weighted by molar-refractivity contribution is 5.69. The highest BCUT2D eigenvalue weighted by Gasteiger charge is 2.25. The van der Waals surface area contributed by atoms with Crippen LogP contribution in [0.5, 0.6) is 5.75 Å². The second-order valence-electron chi connectivity index (χ2n) is 5.10. The molecule has 1 N–H and O–H groups in total. The number of anilines is 1. The quantitative estimate of drug-likeness (QED) is 0.598. The van der Waals surface area contributed by atoms with Crippen LogP contribution >= 0.6 is 0 Å². The predicted molar refractivity (Wildman–Crippen MR) is 76.9 cm³/mol. The maximum absolute atomic E-state index is 11.2. The van der Waals surface area contributed by atoms with Crippen LogP contribution in [0.4, 0.5) is 11.4 Å². The van der Waals surface area contributed by atoms with E-state index < -0.39 is 4.92 Å². The highest BCUT2D eigenvalue weighted by atomic mass is 16.6. The van der Waals surface area contributed by atoms with Crippen molar-refractivity contribution in [2.45, 2.75) is 46.1 Å². The van der Waals surface area contributed by atoms with Gasteiger partial charge in [-0.3, -0.25) is 10.1 Å². The van der Waals surface area contributed by atoms with Crippen molar-refractivity contribution in [1.82, 2.24) is 0 Å². The molecule has 0 aromatic heterocycles. The van der Waals surface area contributed by atoms with E-state index >= 15 is 0 Å². The molecule has 106 valence electrons. The molecule has 1 aromatic rings. The lowest BCUT2D eigenvalue weighted by atomic mass is 9.98. The molecule has 0 aliphatic rings. The van der Waals surface area contributed by atoms with E-state index in [1.807, 2.05) is 20.8 Å². The summed E-state index contributed by atoms with van der Waals surface area (Å²) in [5.74, 6) is 0.310. The van der Waals surface area contributed by atoms with Gasteiger partial charge in [0.25, 0.3) is 0 Å². The van der Waals surface area contributed by atoms with Crippen LogP contribution in [0, 0.1) is 10.1 Å². The van der Waals surface area contributed by atoms with Gasteiger partial charge in [0.2, 0.25) is 0 Å². The van der Waals surface area contributed by atoms with Crippen LogP contribution in [-0.4, -0.2) is 17.1 Å². The Morgan fingerprint density at radius 1 is 1.37 bits per heavy atom. The second-order valence-corrected chi connectivity index (χ2v) is 5.10. The van der Waals surface area contributed by atoms with Crippen LogP contribution in [0.2, 0.25) is 0 Å². The van der Waals surface area contributed by atoms with E-state index in [9.17, 15) is 10.1 Å². The van der Waals surface area contributed by atoms with E-state index in [4.69, 9.17) is 4.74 Å². The van der Waals surface area contributed by atoms with Gasteiger partial charge >= 0.3 is 5.69 Å². The fraction of sp³-hybridized carbons (Fsp3) is 0.571. The van der Waals surface area contributed by atoms with Crippen molar-refractivity contribution >= 4 is 11.4 Å². The van der Waals surface area contributed by atoms with E-state index in [1.54, 1.807) is 18.2 Å². The maximum atomic E-state index is 11.2. The zero-order valence-corrected chi connectivity index (χ0v) is 12.0. The van der Waals surface area contributed by atoms with Crippen LogP contribution in [-0.2, 0) is 0 Å². The number of nitro groups is 1. The molecule has 0 spiro atoms. The third-order valence-electron chi connectivity index (χ3n) is 2.83. The second kappa shape index (κ2) is 6.41. The molecule has 1 aromatic carbocycles. The summed E-state index contributed by atoms with van der Waals surface area (Å²) in [5.41, 5.74) is 0.326. The Morgan fingerprint density at radius 3 is 2.58 bits per heavy atom. The largest absolute Gasteiger partial charge is 0.487 e. The van der Waals surface area contributed by atoms with Crippen molar-refractivity contribution in [2.24, 2.45) is 0 Å². The number of rotatable bonds is 7. The fourth-order valence-electron chi connectivity index (χ4n) is 2.14. The van der Waals surface area contributed by atoms with Crippen molar-refractivity contribution in [2.75, 3.05) is 11.9 Å². The van der Waals surface area contributed by atoms with Crippen molar-refractivity contribution in [3.63, 3.8) is 0 Å². The van der Waals surface area contributed by atoms with Crippen LogP contribution in [0.1, 0.15) is 40.5 Å². The molecule has 19 heavy (non-hydrogen) atoms. The molecule has 1 rings (SSSR count). The third-order valence-corrected chi connectivity index (χ3v) is 2.83. The Kier molecular flexibility index (Phi) is 5.15. The molecule has 0 saturated heterocycles. The maximum Gasteiger partial charge on any atom is 0.333 e. The first-order valence-corrected chi connectivity index (χ1v) is 6.59. The van der Waals surface area contributed by atoms with Gasteiger partial charge in [0.05, 0.1) is 11.5 Å². The minimum Gasteiger partial charge on any atom is -0.487 e. The molecule has 5 nitrogen and oxygen atoms in total. The molecule has 0 saturated carbocycles. The monoisotopic (exact) mass is 266 g/mol. The normalized spacial score (nSPS) is 11.2. The topological polar surface area (TPSA) is 64.4 Å². The molecular formula is C14H22N2O3. The Balaban J connectivity index is 3.13. The molecule has 0 aliphatic heterocycles. The molecular weight excluding hydrogens is 244 g/mol. The number of hydrogen-bond donors (Lipinski definition) is 1. The van der Waals surface area contributed by atoms with E-state index in [0.717, 1.165) is 12.8 Å². The Hall–Kier alpha value is -1.78. The van der Waals surface area contributed by atoms with Crippen molar-refractivity contribution in [3.8, 4) is 5.75 Å². The van der Waals surface area contributed by atoms with E-state index in [2.05, 4.69) is 12.2 Å². The van der Waals surface area contributed by atoms with E-state index in [1.165, 1.54) is 0 Å². The fourth-order valence-corrected chi connectivity index (χ4v) is 2.14. The summed E-state index contributed by atoms with van der Waals surface area (Å²) in [4.78, 5) is 10.9. The number of nitrogens with one attached hydrogen (secondary N) is 1. The highest BCUT2D eigenvalue weighted by Crippen LogP contribution is 2.36. The summed E-state index contributed by atoms with van der Waals surface area (Å²) in [5, 5.41) is 14.5. The average molecular weight is 266 g/mol. The minimum atomic E-state index is -0.393. The number of benzene rings is 1. The summed E-state index contributed by atoms with van der Waals surface area (Å²) >= 11 is 0. The molecule has 0 radical (unpaired) electrons. The number of nitro benzene ring substituents is 1. The van der Waals surface area contributed by atoms with Gasteiger partial charge < -0.3 is 10.1 Å². The van der Waals surface area contributed by atoms with E-state index in [-0.39, 0.29) is 11.2 Å². The molecule has 0 unspecified atom stereocenters. The third kappa shape index (κ3) is 4.12. The summed E-state index contributed by atoms with van der Waals surface area (Å²) in [6.45, 7) is 8.38. The summed E-state index contributed by atoms with van der Waals surface area (Å²) in [6.07, 6.45) is 1.95. The first-order valence-electron chi connectivity index (χ1n) is 6.59. The Bertz CT molecular complexity index is 444. The SMILES string of the molecule is CCCC(C)(C)Nc1cccc(OCC)c1[N+](=O)[O-]. The molecule has 5 heteroatoms. The van der Waals surface area contributed by atoms with Gasteiger partial charge in [0.15, 0.2) is 5.75 Å². The minimum absolute atomic E-state index is 0.00790. The van der Waals surface area contributed by atoms with Crippen LogP contribution in [0.25, 0.3) is 0 Å². The van der Waals surface area contributed by atoms with Crippen LogP contribution in [0.3, 0.4) is 0 Å². The predicted octanol–water partition coefficient (Wildman–Crippen LogP) is 3.98. The van der Waals surface area contributed by atoms with Gasteiger partial charge in [-0.2, -0.15) is 0 Å². The molecule has 0 fully saturated rings. The summed E-state index contributed by atoms with van der Waals surface area (Å²) in [6, 6.07) is 5.11. The molecule has 0 amide bonds. The number of para-hydroxylation sites is 1. The number of hydrogen-bond acceptors (Lipinski definition) is 4. The van der Waals surface area contributed by atoms with Gasteiger partial charge in [-0.1, -0.05) is 19.4 Å². The van der Waals surface area contributed by atoms with Crippen molar-refractivity contribution < 1.29 is 9.66 Å². The summed E-state index contributed by atoms with van der Waals surface area (Å²) in [7, 11) is 0. The standard InChI is InChI=1S/C14H22N2O3/c1-5-10-14(3,4)15-11-8-7-9-12(19-6-2)13(11)16(17)18/h7-9,15H,5-6,10H2,1-4H3. The first-order chi connectivity index (χ1) is 8.91. The van der Waals surface area contributed by atoms with Gasteiger partial charge in [0, 0.05) is 5.54 Å². The lowest BCUT2D eigenvalue weighted by molar-refractivity contribution is -0.385. The number of ether oxygens (including phenoxy) is 1. The molecule has 0 bridgehead atoms. The lowest BCUT2D eigenvalue weighted by Crippen LogP contribution is -2.30. The van der Waals surface area contributed by atoms with Crippen LogP contribution < -0.4 is 10.1 Å². The van der Waals surface area contributed by atoms with Gasteiger partial charge in [-0.25, -0.2) is 0 Å². The Labute approximate surface area is 114 Å². The number of nitrogens with zero attached hydrogens (tertiary/aromatic N) is 1. The van der Waals surface area contributed by atoms with Gasteiger partial charge in [-0.05, 0) is 39.3 Å². The molecule has 0 atom stereocenters. The van der Waals surface area contributed by atoms with Gasteiger partial charge in [0.1, 0.15) is 5.69 Å². The van der Waals surface area contributed by atoms with Crippen molar-refractivity contribution in [1.29, 1.82) is 0 Å². The van der Waals surface area contributed by atoms with Crippen molar-refractivity contribution in [3.05, 3.63) is 28.3 Å². The lowest BCUT2D eigenvalue weighted by Gasteiger charge is -2.27. The molecule has 0 heterocycles. The van der Waals surface area contributed by atoms with E-state index in [0.29, 0.717) is 18.0 Å². The van der Waals surface area contributed by atoms with Gasteiger partial charge in [-0.15, -0.1) is 0 Å². The zero-order chi connectivity index (χ0) is 14.5. The molecule has 0 aliphatic carbocycles. The van der Waals surface area contributed by atoms with Crippen LogP contribution in [0.15, 0.2) is 18.2 Å². The smallest absolute Gasteiger partial charge is 0.333 e.